The van der Waals surface area contributed by atoms with E-state index < -0.39 is 11.7 Å². The van der Waals surface area contributed by atoms with Crippen molar-refractivity contribution in [1.29, 1.82) is 0 Å². The van der Waals surface area contributed by atoms with Gasteiger partial charge in [0.15, 0.2) is 0 Å². The second kappa shape index (κ2) is 6.79. The molecule has 1 aromatic rings. The number of hydrogen-bond donors (Lipinski definition) is 1. The molecule has 2 unspecified atom stereocenters. The summed E-state index contributed by atoms with van der Waals surface area (Å²) in [6.45, 7) is 2.88. The van der Waals surface area contributed by atoms with Gasteiger partial charge in [-0.1, -0.05) is 19.1 Å². The Morgan fingerprint density at radius 3 is 2.29 bits per heavy atom. The van der Waals surface area contributed by atoms with Crippen LogP contribution in [0.25, 0.3) is 0 Å². The first-order valence-corrected chi connectivity index (χ1v) is 7.40. The fourth-order valence-corrected chi connectivity index (χ4v) is 2.63. The van der Waals surface area contributed by atoms with Crippen LogP contribution in [0.1, 0.15) is 43.4 Å². The lowest BCUT2D eigenvalue weighted by Gasteiger charge is -2.28. The number of nitrogens with one attached hydrogen (secondary N) is 1. The summed E-state index contributed by atoms with van der Waals surface area (Å²) >= 11 is 0. The molecule has 1 N–H and O–H groups in total. The zero-order valence-electron chi connectivity index (χ0n) is 12.4. The van der Waals surface area contributed by atoms with Gasteiger partial charge in [-0.05, 0) is 49.4 Å². The summed E-state index contributed by atoms with van der Waals surface area (Å²) in [4.78, 5) is 0. The zero-order chi connectivity index (χ0) is 15.5. The second-order valence-electron chi connectivity index (χ2n) is 5.59. The first-order valence-electron chi connectivity index (χ1n) is 7.40. The van der Waals surface area contributed by atoms with E-state index in [1.54, 1.807) is 19.2 Å². The van der Waals surface area contributed by atoms with E-state index in [0.717, 1.165) is 43.5 Å². The third-order valence-electron chi connectivity index (χ3n) is 3.90. The first kappa shape index (κ1) is 16.3. The molecule has 5 heteroatoms. The summed E-state index contributed by atoms with van der Waals surface area (Å²) in [6.07, 6.45) is -1.04. The standard InChI is InChI=1S/C16H22F3NO/c1-3-10-20-14(15(21-2)12-4-5-12)11-6-8-13(9-7-11)16(17,18)19/h6-9,12,14-15,20H,3-5,10H2,1-2H3. The quantitative estimate of drug-likeness (QED) is 0.816. The Kier molecular flexibility index (Phi) is 5.27. The van der Waals surface area contributed by atoms with Crippen molar-refractivity contribution < 1.29 is 17.9 Å². The highest BCUT2D eigenvalue weighted by atomic mass is 19.4. The molecule has 2 rings (SSSR count). The molecular weight excluding hydrogens is 279 g/mol. The van der Waals surface area contributed by atoms with Crippen LogP contribution >= 0.6 is 0 Å². The summed E-state index contributed by atoms with van der Waals surface area (Å²) in [6, 6.07) is 5.37. The van der Waals surface area contributed by atoms with Crippen LogP contribution < -0.4 is 5.32 Å². The molecule has 21 heavy (non-hydrogen) atoms. The molecule has 0 aromatic heterocycles. The van der Waals surface area contributed by atoms with E-state index in [0.29, 0.717) is 5.92 Å². The zero-order valence-corrected chi connectivity index (χ0v) is 12.4. The monoisotopic (exact) mass is 301 g/mol. The first-order chi connectivity index (χ1) is 9.97. The van der Waals surface area contributed by atoms with E-state index in [1.807, 2.05) is 0 Å². The third-order valence-corrected chi connectivity index (χ3v) is 3.90. The van der Waals surface area contributed by atoms with Crippen molar-refractivity contribution in [2.45, 2.75) is 44.5 Å². The van der Waals surface area contributed by atoms with Gasteiger partial charge in [0.25, 0.3) is 0 Å². The van der Waals surface area contributed by atoms with Gasteiger partial charge in [-0.15, -0.1) is 0 Å². The smallest absolute Gasteiger partial charge is 0.379 e. The molecule has 0 bridgehead atoms. The minimum atomic E-state index is -4.29. The second-order valence-corrected chi connectivity index (χ2v) is 5.59. The minimum absolute atomic E-state index is 0.0216. The summed E-state index contributed by atoms with van der Waals surface area (Å²) in [5.74, 6) is 0.506. The number of ether oxygens (including phenoxy) is 1. The lowest BCUT2D eigenvalue weighted by atomic mass is 9.96. The number of alkyl halides is 3. The predicted octanol–water partition coefficient (Wildman–Crippen LogP) is 4.17. The summed E-state index contributed by atoms with van der Waals surface area (Å²) in [5.41, 5.74) is 0.246. The van der Waals surface area contributed by atoms with Gasteiger partial charge in [0.2, 0.25) is 0 Å². The number of methoxy groups -OCH3 is 1. The van der Waals surface area contributed by atoms with Gasteiger partial charge in [-0.2, -0.15) is 13.2 Å². The molecule has 0 heterocycles. The fraction of sp³-hybridized carbons (Fsp3) is 0.625. The molecule has 1 aliphatic rings. The van der Waals surface area contributed by atoms with Gasteiger partial charge in [0, 0.05) is 7.11 Å². The van der Waals surface area contributed by atoms with E-state index in [2.05, 4.69) is 12.2 Å². The maximum absolute atomic E-state index is 12.6. The molecule has 1 saturated carbocycles. The third kappa shape index (κ3) is 4.20. The molecule has 2 nitrogen and oxygen atoms in total. The van der Waals surface area contributed by atoms with Crippen LogP contribution in [0.15, 0.2) is 24.3 Å². The van der Waals surface area contributed by atoms with Crippen molar-refractivity contribution in [2.75, 3.05) is 13.7 Å². The van der Waals surface area contributed by atoms with Gasteiger partial charge < -0.3 is 10.1 Å². The largest absolute Gasteiger partial charge is 0.416 e. The SMILES string of the molecule is CCCNC(c1ccc(C(F)(F)F)cc1)C(OC)C1CC1. The highest BCUT2D eigenvalue weighted by Crippen LogP contribution is 2.40. The van der Waals surface area contributed by atoms with Gasteiger partial charge in [0.1, 0.15) is 0 Å². The number of rotatable bonds is 7. The summed E-state index contributed by atoms with van der Waals surface area (Å²) in [7, 11) is 1.67. The van der Waals surface area contributed by atoms with E-state index >= 15 is 0 Å². The molecule has 1 aliphatic carbocycles. The van der Waals surface area contributed by atoms with Crippen molar-refractivity contribution in [3.05, 3.63) is 35.4 Å². The van der Waals surface area contributed by atoms with E-state index in [-0.39, 0.29) is 12.1 Å². The normalized spacial score (nSPS) is 18.5. The van der Waals surface area contributed by atoms with E-state index in [1.165, 1.54) is 0 Å². The highest BCUT2D eigenvalue weighted by Gasteiger charge is 2.37. The Labute approximate surface area is 123 Å². The van der Waals surface area contributed by atoms with Gasteiger partial charge in [0.05, 0.1) is 17.7 Å². The molecule has 0 aliphatic heterocycles. The van der Waals surface area contributed by atoms with Crippen LogP contribution in [-0.4, -0.2) is 19.8 Å². The Bertz CT molecular complexity index is 440. The predicted molar refractivity (Wildman–Crippen MR) is 76.0 cm³/mol. The van der Waals surface area contributed by atoms with Crippen molar-refractivity contribution in [3.63, 3.8) is 0 Å². The van der Waals surface area contributed by atoms with Crippen LogP contribution in [-0.2, 0) is 10.9 Å². The molecule has 1 fully saturated rings. The molecule has 118 valence electrons. The fourth-order valence-electron chi connectivity index (χ4n) is 2.63. The van der Waals surface area contributed by atoms with Crippen LogP contribution in [0.2, 0.25) is 0 Å². The average molecular weight is 301 g/mol. The van der Waals surface area contributed by atoms with E-state index in [4.69, 9.17) is 4.74 Å². The topological polar surface area (TPSA) is 21.3 Å². The van der Waals surface area contributed by atoms with E-state index in [9.17, 15) is 13.2 Å². The highest BCUT2D eigenvalue weighted by molar-refractivity contribution is 5.28. The van der Waals surface area contributed by atoms with Crippen LogP contribution in [0.4, 0.5) is 13.2 Å². The van der Waals surface area contributed by atoms with Crippen LogP contribution in [0.5, 0.6) is 0 Å². The van der Waals surface area contributed by atoms with Gasteiger partial charge >= 0.3 is 6.18 Å². The molecule has 0 spiro atoms. The number of benzene rings is 1. The summed E-state index contributed by atoms with van der Waals surface area (Å²) in [5, 5.41) is 3.41. The maximum Gasteiger partial charge on any atom is 0.416 e. The molecule has 0 radical (unpaired) electrons. The molecular formula is C16H22F3NO. The van der Waals surface area contributed by atoms with Crippen molar-refractivity contribution in [3.8, 4) is 0 Å². The maximum atomic E-state index is 12.6. The Balaban J connectivity index is 2.19. The Morgan fingerprint density at radius 1 is 1.24 bits per heavy atom. The average Bonchev–Trinajstić information content (AvgIpc) is 3.27. The lowest BCUT2D eigenvalue weighted by Crippen LogP contribution is -2.35. The number of hydrogen-bond acceptors (Lipinski definition) is 2. The molecule has 0 saturated heterocycles. The van der Waals surface area contributed by atoms with Crippen LogP contribution in [0, 0.1) is 5.92 Å². The van der Waals surface area contributed by atoms with Crippen molar-refractivity contribution in [2.24, 2.45) is 5.92 Å². The van der Waals surface area contributed by atoms with Crippen LogP contribution in [0.3, 0.4) is 0 Å². The van der Waals surface area contributed by atoms with Crippen molar-refractivity contribution >= 4 is 0 Å². The molecule has 2 atom stereocenters. The molecule has 0 amide bonds. The Hall–Kier alpha value is -1.07. The van der Waals surface area contributed by atoms with Gasteiger partial charge in [-0.3, -0.25) is 0 Å². The van der Waals surface area contributed by atoms with Crippen molar-refractivity contribution in [1.82, 2.24) is 5.32 Å². The summed E-state index contributed by atoms with van der Waals surface area (Å²) < 4.78 is 43.5. The Morgan fingerprint density at radius 2 is 1.86 bits per heavy atom. The minimum Gasteiger partial charge on any atom is -0.379 e. The molecule has 1 aromatic carbocycles. The lowest BCUT2D eigenvalue weighted by molar-refractivity contribution is -0.137. The van der Waals surface area contributed by atoms with Gasteiger partial charge in [-0.25, -0.2) is 0 Å². The number of halogens is 3.